The van der Waals surface area contributed by atoms with E-state index in [1.54, 1.807) is 24.3 Å². The van der Waals surface area contributed by atoms with Gasteiger partial charge in [0, 0.05) is 10.9 Å². The van der Waals surface area contributed by atoms with Gasteiger partial charge >= 0.3 is 0 Å². The SMILES string of the molecule is O=C(c1cccs1)c1ccc(CNC(=O)c2ccccc2[N+](=O)[O-])s1. The highest BCUT2D eigenvalue weighted by molar-refractivity contribution is 7.16. The fourth-order valence-electron chi connectivity index (χ4n) is 2.21. The zero-order valence-electron chi connectivity index (χ0n) is 12.8. The zero-order chi connectivity index (χ0) is 17.8. The summed E-state index contributed by atoms with van der Waals surface area (Å²) in [6.07, 6.45) is 0. The van der Waals surface area contributed by atoms with Crippen LogP contribution < -0.4 is 5.32 Å². The van der Waals surface area contributed by atoms with Crippen LogP contribution in [0.25, 0.3) is 0 Å². The molecule has 3 aromatic rings. The van der Waals surface area contributed by atoms with E-state index in [2.05, 4.69) is 5.32 Å². The molecule has 2 aromatic heterocycles. The highest BCUT2D eigenvalue weighted by atomic mass is 32.1. The molecule has 126 valence electrons. The van der Waals surface area contributed by atoms with Gasteiger partial charge in [0.15, 0.2) is 0 Å². The first-order valence-corrected chi connectivity index (χ1v) is 8.94. The van der Waals surface area contributed by atoms with Crippen molar-refractivity contribution in [1.82, 2.24) is 5.32 Å². The number of amides is 1. The van der Waals surface area contributed by atoms with E-state index in [-0.39, 0.29) is 23.6 Å². The predicted octanol–water partition coefficient (Wildman–Crippen LogP) is 3.88. The van der Waals surface area contributed by atoms with Crippen LogP contribution in [0, 0.1) is 10.1 Å². The summed E-state index contributed by atoms with van der Waals surface area (Å²) in [5.74, 6) is -0.567. The van der Waals surface area contributed by atoms with Crippen LogP contribution in [-0.2, 0) is 6.54 Å². The monoisotopic (exact) mass is 372 g/mol. The smallest absolute Gasteiger partial charge is 0.282 e. The zero-order valence-corrected chi connectivity index (χ0v) is 14.4. The Bertz CT molecular complexity index is 932. The molecule has 0 atom stereocenters. The number of ketones is 1. The number of nitrogens with one attached hydrogen (secondary N) is 1. The number of para-hydroxylation sites is 1. The molecule has 6 nitrogen and oxygen atoms in total. The van der Waals surface area contributed by atoms with Crippen molar-refractivity contribution in [3.63, 3.8) is 0 Å². The van der Waals surface area contributed by atoms with Gasteiger partial charge in [-0.3, -0.25) is 19.7 Å². The molecule has 8 heteroatoms. The minimum absolute atomic E-state index is 0.0129. The lowest BCUT2D eigenvalue weighted by Gasteiger charge is -2.04. The number of nitrogens with zero attached hydrogens (tertiary/aromatic N) is 1. The van der Waals surface area contributed by atoms with Gasteiger partial charge in [-0.2, -0.15) is 0 Å². The van der Waals surface area contributed by atoms with Crippen molar-refractivity contribution in [2.75, 3.05) is 0 Å². The maximum Gasteiger partial charge on any atom is 0.282 e. The fraction of sp³-hybridized carbons (Fsp3) is 0.0588. The molecule has 1 aromatic carbocycles. The van der Waals surface area contributed by atoms with E-state index in [1.807, 2.05) is 11.4 Å². The van der Waals surface area contributed by atoms with Crippen molar-refractivity contribution in [1.29, 1.82) is 0 Å². The number of rotatable bonds is 6. The molecule has 1 amide bonds. The van der Waals surface area contributed by atoms with Crippen LogP contribution in [0.3, 0.4) is 0 Å². The molecular formula is C17H12N2O4S2. The van der Waals surface area contributed by atoms with Gasteiger partial charge in [-0.05, 0) is 29.6 Å². The average molecular weight is 372 g/mol. The Hall–Kier alpha value is -2.84. The molecular weight excluding hydrogens is 360 g/mol. The Balaban J connectivity index is 1.68. The van der Waals surface area contributed by atoms with Gasteiger partial charge in [-0.15, -0.1) is 22.7 Å². The van der Waals surface area contributed by atoms with E-state index in [0.717, 1.165) is 4.88 Å². The van der Waals surface area contributed by atoms with Gasteiger partial charge in [-0.1, -0.05) is 18.2 Å². The third kappa shape index (κ3) is 3.81. The molecule has 3 rings (SSSR count). The van der Waals surface area contributed by atoms with Crippen LogP contribution in [0.5, 0.6) is 0 Å². The molecule has 2 heterocycles. The van der Waals surface area contributed by atoms with Gasteiger partial charge in [0.2, 0.25) is 5.78 Å². The van der Waals surface area contributed by atoms with Crippen LogP contribution in [-0.4, -0.2) is 16.6 Å². The summed E-state index contributed by atoms with van der Waals surface area (Å²) in [5, 5.41) is 15.5. The minimum Gasteiger partial charge on any atom is -0.347 e. The Morgan fingerprint density at radius 3 is 2.56 bits per heavy atom. The third-order valence-electron chi connectivity index (χ3n) is 3.40. The summed E-state index contributed by atoms with van der Waals surface area (Å²) in [6.45, 7) is 0.202. The van der Waals surface area contributed by atoms with Gasteiger partial charge in [0.1, 0.15) is 5.56 Å². The standard InChI is InChI=1S/C17H12N2O4S2/c20-16(14-6-3-9-24-14)15-8-7-11(25-15)10-18-17(21)12-4-1-2-5-13(12)19(22)23/h1-9H,10H2,(H,18,21). The first-order chi connectivity index (χ1) is 12.1. The number of thiophene rings is 2. The lowest BCUT2D eigenvalue weighted by molar-refractivity contribution is -0.385. The molecule has 0 spiro atoms. The van der Waals surface area contributed by atoms with Crippen LogP contribution in [0.2, 0.25) is 0 Å². The molecule has 25 heavy (non-hydrogen) atoms. The van der Waals surface area contributed by atoms with Gasteiger partial charge < -0.3 is 5.32 Å². The molecule has 1 N–H and O–H groups in total. The van der Waals surface area contributed by atoms with E-state index >= 15 is 0 Å². The largest absolute Gasteiger partial charge is 0.347 e. The van der Waals surface area contributed by atoms with E-state index < -0.39 is 10.8 Å². The lowest BCUT2D eigenvalue weighted by Crippen LogP contribution is -2.23. The van der Waals surface area contributed by atoms with Crippen molar-refractivity contribution in [3.8, 4) is 0 Å². The summed E-state index contributed by atoms with van der Waals surface area (Å²) in [6, 6.07) is 12.9. The second kappa shape index (κ2) is 7.37. The number of hydrogen-bond donors (Lipinski definition) is 1. The number of carbonyl (C=O) groups is 2. The van der Waals surface area contributed by atoms with Crippen LogP contribution in [0.15, 0.2) is 53.9 Å². The Morgan fingerprint density at radius 1 is 1.04 bits per heavy atom. The van der Waals surface area contributed by atoms with E-state index in [1.165, 1.54) is 40.9 Å². The highest BCUT2D eigenvalue weighted by Gasteiger charge is 2.19. The number of nitro benzene ring substituents is 1. The van der Waals surface area contributed by atoms with Crippen molar-refractivity contribution >= 4 is 40.1 Å². The molecule has 0 saturated heterocycles. The summed E-state index contributed by atoms with van der Waals surface area (Å²) in [7, 11) is 0. The van der Waals surface area contributed by atoms with Gasteiger partial charge in [0.05, 0.1) is 21.2 Å². The van der Waals surface area contributed by atoms with Crippen molar-refractivity contribution in [2.24, 2.45) is 0 Å². The first kappa shape index (κ1) is 17.0. The minimum atomic E-state index is -0.585. The number of benzene rings is 1. The van der Waals surface area contributed by atoms with Gasteiger partial charge in [0.25, 0.3) is 11.6 Å². The first-order valence-electron chi connectivity index (χ1n) is 7.25. The molecule has 0 aliphatic heterocycles. The number of hydrogen-bond acceptors (Lipinski definition) is 6. The molecule has 0 aliphatic carbocycles. The quantitative estimate of drug-likeness (QED) is 0.404. The Labute approximate surface area is 150 Å². The molecule has 0 radical (unpaired) electrons. The summed E-state index contributed by atoms with van der Waals surface area (Å²) in [4.78, 5) is 36.9. The lowest BCUT2D eigenvalue weighted by atomic mass is 10.1. The topological polar surface area (TPSA) is 89.3 Å². The van der Waals surface area contributed by atoms with Crippen molar-refractivity contribution in [2.45, 2.75) is 6.54 Å². The molecule has 0 fully saturated rings. The third-order valence-corrected chi connectivity index (χ3v) is 5.35. The number of nitro groups is 1. The van der Waals surface area contributed by atoms with Crippen LogP contribution >= 0.6 is 22.7 Å². The Morgan fingerprint density at radius 2 is 1.84 bits per heavy atom. The van der Waals surface area contributed by atoms with Crippen LogP contribution in [0.1, 0.15) is 29.8 Å². The summed E-state index contributed by atoms with van der Waals surface area (Å²) < 4.78 is 0. The van der Waals surface area contributed by atoms with Crippen LogP contribution in [0.4, 0.5) is 5.69 Å². The molecule has 0 saturated carbocycles. The summed E-state index contributed by atoms with van der Waals surface area (Å²) in [5.41, 5.74) is -0.223. The van der Waals surface area contributed by atoms with Crippen molar-refractivity contribution in [3.05, 3.63) is 84.2 Å². The Kier molecular flexibility index (Phi) is 5.01. The number of carbonyl (C=O) groups excluding carboxylic acids is 2. The molecule has 0 bridgehead atoms. The fourth-order valence-corrected chi connectivity index (χ4v) is 3.86. The predicted molar refractivity (Wildman–Crippen MR) is 96.3 cm³/mol. The summed E-state index contributed by atoms with van der Waals surface area (Å²) >= 11 is 2.67. The maximum atomic E-state index is 12.3. The van der Waals surface area contributed by atoms with E-state index in [4.69, 9.17) is 0 Å². The highest BCUT2D eigenvalue weighted by Crippen LogP contribution is 2.23. The second-order valence-electron chi connectivity index (χ2n) is 5.03. The maximum absolute atomic E-state index is 12.3. The second-order valence-corrected chi connectivity index (χ2v) is 7.15. The van der Waals surface area contributed by atoms with Crippen molar-refractivity contribution < 1.29 is 14.5 Å². The average Bonchev–Trinajstić information content (AvgIpc) is 3.31. The normalized spacial score (nSPS) is 10.4. The van der Waals surface area contributed by atoms with Gasteiger partial charge in [-0.25, -0.2) is 0 Å². The van der Waals surface area contributed by atoms with E-state index in [0.29, 0.717) is 9.75 Å². The molecule has 0 aliphatic rings. The van der Waals surface area contributed by atoms with E-state index in [9.17, 15) is 19.7 Å². The molecule has 0 unspecified atom stereocenters.